The van der Waals surface area contributed by atoms with E-state index in [1.54, 1.807) is 12.2 Å². The van der Waals surface area contributed by atoms with Crippen LogP contribution in [0.25, 0.3) is 0 Å². The number of carbonyl (C=O) groups is 4. The van der Waals surface area contributed by atoms with Gasteiger partial charge in [0.05, 0.1) is 32.9 Å². The number of hydrogen-bond acceptors (Lipinski definition) is 16. The van der Waals surface area contributed by atoms with Crippen molar-refractivity contribution in [3.63, 3.8) is 0 Å². The highest BCUT2D eigenvalue weighted by Gasteiger charge is 2.71. The number of nitrogens with two attached hydrogens (primary N) is 1. The minimum Gasteiger partial charge on any atom is -0.569 e. The van der Waals surface area contributed by atoms with Crippen molar-refractivity contribution < 1.29 is 48.3 Å². The molecule has 0 aromatic heterocycles. The van der Waals surface area contributed by atoms with Crippen LogP contribution in [0, 0.1) is 87.0 Å². The van der Waals surface area contributed by atoms with Crippen molar-refractivity contribution in [3.8, 4) is 11.8 Å². The Kier molecular flexibility index (Phi) is 12.8. The van der Waals surface area contributed by atoms with Crippen LogP contribution in [0.5, 0.6) is 5.75 Å². The molecular weight excluding hydrogens is 845 g/mol. The summed E-state index contributed by atoms with van der Waals surface area (Å²) in [6.45, 7) is 15.2. The summed E-state index contributed by atoms with van der Waals surface area (Å²) in [7, 11) is 1.28. The highest BCUT2D eigenvalue weighted by molar-refractivity contribution is 6.04. The quantitative estimate of drug-likeness (QED) is 0.0492. The molecule has 5 aliphatic carbocycles. The summed E-state index contributed by atoms with van der Waals surface area (Å²) < 4.78 is 10.9. The molecule has 8 atom stereocenters. The van der Waals surface area contributed by atoms with Gasteiger partial charge in [0, 0.05) is 29.4 Å². The third-order valence-electron chi connectivity index (χ3n) is 15.9. The smallest absolute Gasteiger partial charge is 0.322 e. The minimum atomic E-state index is -0.991. The number of ketones is 2. The number of allylic oxidation sites excluding steroid dienone is 4. The zero-order chi connectivity index (χ0) is 48.2. The van der Waals surface area contributed by atoms with E-state index in [-0.39, 0.29) is 71.4 Å². The molecule has 3 saturated carbocycles. The van der Waals surface area contributed by atoms with Gasteiger partial charge in [-0.1, -0.05) is 60.1 Å². The molecule has 0 saturated heterocycles. The van der Waals surface area contributed by atoms with Crippen LogP contribution in [0.2, 0.25) is 0 Å². The third-order valence-corrected chi connectivity index (χ3v) is 15.9. The van der Waals surface area contributed by atoms with E-state index in [0.717, 1.165) is 35.9 Å². The highest BCUT2D eigenvalue weighted by atomic mass is 16.7. The highest BCUT2D eigenvalue weighted by Crippen LogP contribution is 2.74. The topological polar surface area (TPSA) is 286 Å². The monoisotopic (exact) mass is 904 g/mol. The molecule has 5 aliphatic rings. The Labute approximate surface area is 377 Å². The van der Waals surface area contributed by atoms with Gasteiger partial charge in [-0.25, -0.2) is 0 Å². The van der Waals surface area contributed by atoms with Crippen molar-refractivity contribution >= 4 is 40.6 Å². The Balaban J connectivity index is 1.22. The van der Waals surface area contributed by atoms with Crippen LogP contribution in [-0.2, 0) is 28.7 Å². The number of hydrogen-bond donors (Lipinski definition) is 2. The lowest BCUT2D eigenvalue weighted by atomic mass is 9.34. The van der Waals surface area contributed by atoms with Crippen molar-refractivity contribution in [2.24, 2.45) is 61.3 Å². The normalized spacial score (nSPS) is 31.5. The first-order valence-corrected chi connectivity index (χ1v) is 22.0. The zero-order valence-corrected chi connectivity index (χ0v) is 38.6. The number of hydrazine groups is 1. The van der Waals surface area contributed by atoms with Gasteiger partial charge in [-0.3, -0.25) is 44.2 Å². The largest absolute Gasteiger partial charge is 0.569 e. The molecular formula is C45H60N8O12. The van der Waals surface area contributed by atoms with Crippen molar-refractivity contribution in [2.45, 2.75) is 106 Å². The van der Waals surface area contributed by atoms with Gasteiger partial charge in [-0.2, -0.15) is 5.26 Å². The molecule has 20 nitrogen and oxygen atoms in total. The molecule has 65 heavy (non-hydrogen) atoms. The second-order valence-electron chi connectivity index (χ2n) is 20.6. The summed E-state index contributed by atoms with van der Waals surface area (Å²) in [6.07, 6.45) is 7.89. The summed E-state index contributed by atoms with van der Waals surface area (Å²) in [5.41, 5.74) is 1.00. The molecule has 0 unspecified atom stereocenters. The predicted octanol–water partition coefficient (Wildman–Crippen LogP) is 6.67. The molecule has 0 bridgehead atoms. The lowest BCUT2D eigenvalue weighted by Crippen LogP contribution is -2.66. The van der Waals surface area contributed by atoms with Gasteiger partial charge >= 0.3 is 17.6 Å². The van der Waals surface area contributed by atoms with Gasteiger partial charge in [0.25, 0.3) is 5.69 Å². The van der Waals surface area contributed by atoms with Crippen LogP contribution >= 0.6 is 0 Å². The van der Waals surface area contributed by atoms with Gasteiger partial charge in [0.15, 0.2) is 11.6 Å². The molecule has 1 aromatic rings. The second-order valence-corrected chi connectivity index (χ2v) is 20.6. The van der Waals surface area contributed by atoms with E-state index in [9.17, 15) is 49.9 Å². The lowest BCUT2D eigenvalue weighted by Gasteiger charge is -2.68. The number of Topliss-reactive ketones (excluding diaryl/α,β-unsaturated/α-hetero) is 1. The number of carbonyl (C=O) groups excluding carboxylic acids is 4. The fourth-order valence-corrected chi connectivity index (χ4v) is 12.2. The molecule has 6 rings (SSSR count). The van der Waals surface area contributed by atoms with E-state index in [1.807, 2.05) is 13.8 Å². The van der Waals surface area contributed by atoms with E-state index in [0.29, 0.717) is 31.7 Å². The number of ether oxygens (including phenoxy) is 2. The van der Waals surface area contributed by atoms with Gasteiger partial charge in [-0.05, 0) is 86.0 Å². The number of nitro benzene ring substituents is 2. The average Bonchev–Trinajstić information content (AvgIpc) is 3.22. The van der Waals surface area contributed by atoms with E-state index < -0.39 is 77.9 Å². The number of likely N-dealkylation sites (N-methyl/N-ethyl adjacent to an activating group) is 1. The molecule has 20 heteroatoms. The Hall–Kier alpha value is -5.97. The van der Waals surface area contributed by atoms with Gasteiger partial charge in [0.1, 0.15) is 43.6 Å². The fourth-order valence-electron chi connectivity index (χ4n) is 12.2. The summed E-state index contributed by atoms with van der Waals surface area (Å²) in [5.74, 6) is -3.00. The molecule has 3 fully saturated rings. The van der Waals surface area contributed by atoms with Crippen LogP contribution in [0.3, 0.4) is 0 Å². The third kappa shape index (κ3) is 8.20. The van der Waals surface area contributed by atoms with Crippen molar-refractivity contribution in [1.82, 2.24) is 5.01 Å². The van der Waals surface area contributed by atoms with Gasteiger partial charge in [0.2, 0.25) is 11.0 Å². The summed E-state index contributed by atoms with van der Waals surface area (Å²) in [6, 6.07) is 2.85. The maximum absolute atomic E-state index is 14.9. The molecule has 0 aliphatic heterocycles. The maximum Gasteiger partial charge on any atom is 0.322 e. The number of benzene rings is 1. The SMILES string of the molecule is C[C@H](N)C(=O)OCCN(C)/[N+]([O-])=N/Oc1cc(NCCOC(=O)[C@]23CCC(C)(C)C[C@H]2[C@H]2C(=O)C=C4[C@@]5(C)C=C(C#N)C(=O)C(C)(C)[C@@H]5CC[C@@]4(C)[C@]2(C)CC3)c([N+](=O)[O-])cc1[N+](=O)[O-]. The zero-order valence-electron chi connectivity index (χ0n) is 38.6. The van der Waals surface area contributed by atoms with Crippen LogP contribution in [0.4, 0.5) is 17.1 Å². The molecule has 0 spiro atoms. The summed E-state index contributed by atoms with van der Waals surface area (Å²) >= 11 is 0. The molecule has 3 N–H and O–H groups in total. The molecule has 1 aromatic carbocycles. The van der Waals surface area contributed by atoms with E-state index in [2.05, 4.69) is 51.3 Å². The first kappa shape index (κ1) is 48.5. The number of nitriles is 1. The molecule has 352 valence electrons. The average molecular weight is 905 g/mol. The molecule has 0 radical (unpaired) electrons. The molecule has 0 amide bonds. The van der Waals surface area contributed by atoms with E-state index in [4.69, 9.17) is 20.0 Å². The number of nitrogens with one attached hydrogen (secondary N) is 1. The number of rotatable bonds is 14. The van der Waals surface area contributed by atoms with E-state index in [1.165, 1.54) is 14.0 Å². The first-order valence-electron chi connectivity index (χ1n) is 22.0. The van der Waals surface area contributed by atoms with E-state index >= 15 is 0 Å². The first-order chi connectivity index (χ1) is 30.2. The van der Waals surface area contributed by atoms with Crippen LogP contribution in [-0.4, -0.2) is 82.7 Å². The van der Waals surface area contributed by atoms with Crippen LogP contribution in [0.15, 0.2) is 40.7 Å². The second kappa shape index (κ2) is 17.1. The summed E-state index contributed by atoms with van der Waals surface area (Å²) in [4.78, 5) is 81.8. The number of fused-ring (bicyclic) bond motifs is 7. The Morgan fingerprint density at radius 3 is 2.28 bits per heavy atom. The summed E-state index contributed by atoms with van der Waals surface area (Å²) in [5, 5.41) is 53.6. The van der Waals surface area contributed by atoms with Gasteiger partial charge < -0.3 is 25.7 Å². The minimum absolute atomic E-state index is 0.0608. The van der Waals surface area contributed by atoms with Gasteiger partial charge in [-0.15, -0.1) is 5.01 Å². The Morgan fingerprint density at radius 1 is 0.985 bits per heavy atom. The number of nitrogens with zero attached hydrogens (tertiary/aromatic N) is 6. The van der Waals surface area contributed by atoms with Crippen molar-refractivity contribution in [2.75, 3.05) is 38.7 Å². The van der Waals surface area contributed by atoms with Crippen LogP contribution in [0.1, 0.15) is 100 Å². The van der Waals surface area contributed by atoms with Crippen molar-refractivity contribution in [3.05, 3.63) is 60.9 Å². The Morgan fingerprint density at radius 2 is 1.65 bits per heavy atom. The lowest BCUT2D eigenvalue weighted by molar-refractivity contribution is -0.701. The number of esters is 2. The Bertz CT molecular complexity index is 2330. The van der Waals surface area contributed by atoms with Crippen molar-refractivity contribution in [1.29, 1.82) is 5.26 Å². The maximum atomic E-state index is 14.9. The molecule has 0 heterocycles. The predicted molar refractivity (Wildman–Crippen MR) is 232 cm³/mol. The standard InChI is InChI=1S/C45H60N8O12/c1-26(47)38(56)63-19-17-50(9)53(62)49-65-33-20-29(30(51(58)59)21-31(33)52(60)61)48-16-18-64-39(57)45-14-12-40(2,3)24-28(45)36-32(54)22-35-42(6)23-27(25-46)37(55)41(4,5)34(42)10-11-43(35,7)44(36,8)13-15-45/h20-23,26,28,34,36,48H,10-19,24,47H2,1-9H3/b53-49-/t26-,28-,34-,36-,42-,43+,44+,45-/m0/s1. The number of anilines is 1. The number of nitro groups is 2. The fraction of sp³-hybridized carbons (Fsp3) is 0.667. The van der Waals surface area contributed by atoms with Crippen LogP contribution < -0.4 is 15.9 Å².